The van der Waals surface area contributed by atoms with E-state index in [-0.39, 0.29) is 24.3 Å². The van der Waals surface area contributed by atoms with Gasteiger partial charge in [0.05, 0.1) is 14.2 Å². The molecule has 1 aliphatic carbocycles. The fourth-order valence-corrected chi connectivity index (χ4v) is 3.42. The molecule has 2 rings (SSSR count). The minimum atomic E-state index is -0.781. The van der Waals surface area contributed by atoms with E-state index in [0.717, 1.165) is 24.8 Å². The van der Waals surface area contributed by atoms with Gasteiger partial charge in [-0.25, -0.2) is 0 Å². The molecule has 6 nitrogen and oxygen atoms in total. The monoisotopic (exact) mass is 377 g/mol. The molecule has 0 heterocycles. The van der Waals surface area contributed by atoms with E-state index in [1.165, 1.54) is 6.42 Å². The van der Waals surface area contributed by atoms with E-state index in [9.17, 15) is 9.59 Å². The third-order valence-electron chi connectivity index (χ3n) is 5.18. The number of methoxy groups -OCH3 is 2. The fraction of sp³-hybridized carbons (Fsp3) is 0.619. The number of carbonyl (C=O) groups excluding carboxylic acids is 2. The summed E-state index contributed by atoms with van der Waals surface area (Å²) in [6, 6.07) is 5.71. The molecule has 1 saturated carbocycles. The third kappa shape index (κ3) is 6.15. The SMILES string of the molecule is COc1ccc(CCC(=O)O[C@H](C)C(=O)N[C@H]2CCCC[C@@H]2C)cc1OC. The standard InChI is InChI=1S/C21H31NO5/c1-14-7-5-6-8-17(14)22-21(24)15(2)27-20(23)12-10-16-9-11-18(25-3)19(13-16)26-4/h9,11,13-15,17H,5-8,10,12H2,1-4H3,(H,22,24)/t14-,15+,17-/m0/s1. The van der Waals surface area contributed by atoms with Crippen molar-refractivity contribution in [2.75, 3.05) is 14.2 Å². The molecule has 0 radical (unpaired) electrons. The summed E-state index contributed by atoms with van der Waals surface area (Å²) in [5, 5.41) is 3.03. The molecule has 6 heteroatoms. The summed E-state index contributed by atoms with van der Waals surface area (Å²) in [5.41, 5.74) is 0.942. The highest BCUT2D eigenvalue weighted by Crippen LogP contribution is 2.28. The lowest BCUT2D eigenvalue weighted by Crippen LogP contribution is -2.46. The average Bonchev–Trinajstić information content (AvgIpc) is 2.67. The number of ether oxygens (including phenoxy) is 3. The van der Waals surface area contributed by atoms with Crippen molar-refractivity contribution in [1.29, 1.82) is 0 Å². The maximum atomic E-state index is 12.3. The molecule has 1 amide bonds. The molecule has 1 aromatic carbocycles. The van der Waals surface area contributed by atoms with Crippen molar-refractivity contribution in [2.24, 2.45) is 5.92 Å². The highest BCUT2D eigenvalue weighted by Gasteiger charge is 2.26. The van der Waals surface area contributed by atoms with E-state index in [1.807, 2.05) is 12.1 Å². The number of nitrogens with one attached hydrogen (secondary N) is 1. The molecule has 0 aromatic heterocycles. The van der Waals surface area contributed by atoms with Gasteiger partial charge in [0.2, 0.25) is 0 Å². The molecule has 1 aromatic rings. The van der Waals surface area contributed by atoms with Crippen LogP contribution in [0.4, 0.5) is 0 Å². The van der Waals surface area contributed by atoms with Crippen LogP contribution in [0.3, 0.4) is 0 Å². The van der Waals surface area contributed by atoms with Crippen LogP contribution in [0.5, 0.6) is 11.5 Å². The van der Waals surface area contributed by atoms with Crippen LogP contribution in [0.2, 0.25) is 0 Å². The van der Waals surface area contributed by atoms with E-state index in [2.05, 4.69) is 12.2 Å². The predicted molar refractivity (Wildman–Crippen MR) is 103 cm³/mol. The van der Waals surface area contributed by atoms with Gasteiger partial charge in [-0.3, -0.25) is 9.59 Å². The number of esters is 1. The van der Waals surface area contributed by atoms with Crippen molar-refractivity contribution in [2.45, 2.75) is 64.5 Å². The molecule has 1 aliphatic rings. The quantitative estimate of drug-likeness (QED) is 0.704. The van der Waals surface area contributed by atoms with Crippen molar-refractivity contribution in [3.05, 3.63) is 23.8 Å². The average molecular weight is 377 g/mol. The second kappa shape index (κ2) is 10.2. The minimum Gasteiger partial charge on any atom is -0.493 e. The normalized spacial score (nSPS) is 20.4. The summed E-state index contributed by atoms with van der Waals surface area (Å²) in [6.45, 7) is 3.78. The molecule has 0 bridgehead atoms. The zero-order chi connectivity index (χ0) is 19.8. The Kier molecular flexibility index (Phi) is 7.95. The van der Waals surface area contributed by atoms with Crippen molar-refractivity contribution < 1.29 is 23.8 Å². The summed E-state index contributed by atoms with van der Waals surface area (Å²) in [5.74, 6) is 1.14. The minimum absolute atomic E-state index is 0.180. The highest BCUT2D eigenvalue weighted by molar-refractivity contribution is 5.83. The van der Waals surface area contributed by atoms with Gasteiger partial charge in [-0.05, 0) is 49.8 Å². The number of amides is 1. The second-order valence-electron chi connectivity index (χ2n) is 7.20. The smallest absolute Gasteiger partial charge is 0.306 e. The first kappa shape index (κ1) is 21.1. The van der Waals surface area contributed by atoms with Gasteiger partial charge in [-0.1, -0.05) is 25.8 Å². The van der Waals surface area contributed by atoms with Gasteiger partial charge in [0.1, 0.15) is 0 Å². The fourth-order valence-electron chi connectivity index (χ4n) is 3.42. The lowest BCUT2D eigenvalue weighted by Gasteiger charge is -2.30. The van der Waals surface area contributed by atoms with Crippen LogP contribution in [0, 0.1) is 5.92 Å². The lowest BCUT2D eigenvalue weighted by atomic mass is 9.86. The lowest BCUT2D eigenvalue weighted by molar-refractivity contribution is -0.155. The van der Waals surface area contributed by atoms with Crippen LogP contribution >= 0.6 is 0 Å². The Morgan fingerprint density at radius 1 is 1.15 bits per heavy atom. The Labute approximate surface area is 161 Å². The summed E-state index contributed by atoms with van der Waals surface area (Å²) < 4.78 is 15.8. The zero-order valence-corrected chi connectivity index (χ0v) is 16.7. The van der Waals surface area contributed by atoms with Crippen LogP contribution in [-0.2, 0) is 20.7 Å². The first-order chi connectivity index (χ1) is 12.9. The first-order valence-corrected chi connectivity index (χ1v) is 9.65. The number of rotatable bonds is 8. The van der Waals surface area contributed by atoms with E-state index >= 15 is 0 Å². The molecule has 0 aliphatic heterocycles. The van der Waals surface area contributed by atoms with Crippen LogP contribution in [0.15, 0.2) is 18.2 Å². The molecule has 3 atom stereocenters. The Morgan fingerprint density at radius 2 is 1.85 bits per heavy atom. The summed E-state index contributed by atoms with van der Waals surface area (Å²) in [7, 11) is 3.15. The predicted octanol–water partition coefficient (Wildman–Crippen LogP) is 3.26. The number of hydrogen-bond acceptors (Lipinski definition) is 5. The van der Waals surface area contributed by atoms with Gasteiger partial charge >= 0.3 is 5.97 Å². The summed E-state index contributed by atoms with van der Waals surface area (Å²) in [4.78, 5) is 24.4. The Morgan fingerprint density at radius 3 is 2.52 bits per heavy atom. The Balaban J connectivity index is 1.79. The van der Waals surface area contributed by atoms with Crippen molar-refractivity contribution in [1.82, 2.24) is 5.32 Å². The largest absolute Gasteiger partial charge is 0.493 e. The number of benzene rings is 1. The molecule has 150 valence electrons. The Hall–Kier alpha value is -2.24. The van der Waals surface area contributed by atoms with E-state index in [0.29, 0.717) is 23.8 Å². The second-order valence-corrected chi connectivity index (χ2v) is 7.20. The van der Waals surface area contributed by atoms with Gasteiger partial charge in [0.25, 0.3) is 5.91 Å². The molecule has 0 saturated heterocycles. The molecular formula is C21H31NO5. The molecule has 1 fully saturated rings. The summed E-state index contributed by atoms with van der Waals surface area (Å²) >= 11 is 0. The van der Waals surface area contributed by atoms with E-state index in [1.54, 1.807) is 27.2 Å². The van der Waals surface area contributed by atoms with Crippen molar-refractivity contribution >= 4 is 11.9 Å². The van der Waals surface area contributed by atoms with Crippen LogP contribution in [0.1, 0.15) is 51.5 Å². The van der Waals surface area contributed by atoms with Crippen LogP contribution in [0.25, 0.3) is 0 Å². The van der Waals surface area contributed by atoms with E-state index < -0.39 is 6.10 Å². The van der Waals surface area contributed by atoms with Crippen molar-refractivity contribution in [3.8, 4) is 11.5 Å². The first-order valence-electron chi connectivity index (χ1n) is 9.65. The molecule has 27 heavy (non-hydrogen) atoms. The maximum Gasteiger partial charge on any atom is 0.306 e. The van der Waals surface area contributed by atoms with Crippen molar-refractivity contribution in [3.63, 3.8) is 0 Å². The van der Waals surface area contributed by atoms with Crippen LogP contribution < -0.4 is 14.8 Å². The third-order valence-corrected chi connectivity index (χ3v) is 5.18. The molecular weight excluding hydrogens is 346 g/mol. The van der Waals surface area contributed by atoms with Gasteiger partial charge in [0.15, 0.2) is 17.6 Å². The highest BCUT2D eigenvalue weighted by atomic mass is 16.5. The van der Waals surface area contributed by atoms with Gasteiger partial charge in [-0.15, -0.1) is 0 Å². The number of aryl methyl sites for hydroxylation is 1. The topological polar surface area (TPSA) is 73.9 Å². The number of carbonyl (C=O) groups is 2. The number of hydrogen-bond donors (Lipinski definition) is 1. The van der Waals surface area contributed by atoms with Gasteiger partial charge < -0.3 is 19.5 Å². The molecule has 0 unspecified atom stereocenters. The summed E-state index contributed by atoms with van der Waals surface area (Å²) in [6.07, 6.45) is 4.40. The van der Waals surface area contributed by atoms with Crippen LogP contribution in [-0.4, -0.2) is 38.2 Å². The zero-order valence-electron chi connectivity index (χ0n) is 16.7. The molecule has 1 N–H and O–H groups in total. The molecule has 0 spiro atoms. The van der Waals surface area contributed by atoms with Gasteiger partial charge in [0, 0.05) is 12.5 Å². The maximum absolute atomic E-state index is 12.3. The Bertz CT molecular complexity index is 645. The van der Waals surface area contributed by atoms with Gasteiger partial charge in [-0.2, -0.15) is 0 Å². The van der Waals surface area contributed by atoms with E-state index in [4.69, 9.17) is 14.2 Å².